The number of hydrogen-bond donors (Lipinski definition) is 0. The first-order chi connectivity index (χ1) is 12.5. The summed E-state index contributed by atoms with van der Waals surface area (Å²) in [5.74, 6) is -0.781. The van der Waals surface area contributed by atoms with Crippen molar-refractivity contribution in [3.63, 3.8) is 0 Å². The van der Waals surface area contributed by atoms with Crippen molar-refractivity contribution < 1.29 is 23.9 Å². The number of nitrogens with zero attached hydrogens (tertiary/aromatic N) is 2. The maximum atomic E-state index is 12.2. The van der Waals surface area contributed by atoms with Crippen molar-refractivity contribution in [1.29, 1.82) is 0 Å². The minimum absolute atomic E-state index is 0.0317. The molecule has 0 N–H and O–H groups in total. The van der Waals surface area contributed by atoms with Crippen molar-refractivity contribution in [2.75, 3.05) is 32.9 Å². The summed E-state index contributed by atoms with van der Waals surface area (Å²) in [4.78, 5) is 39.5. The molecule has 0 spiro atoms. The van der Waals surface area contributed by atoms with Gasteiger partial charge in [-0.15, -0.1) is 11.3 Å². The first-order valence-electron chi connectivity index (χ1n) is 8.30. The van der Waals surface area contributed by atoms with Crippen molar-refractivity contribution in [3.8, 4) is 0 Å². The Hall–Kier alpha value is -2.45. The Labute approximate surface area is 155 Å². The number of thiophene rings is 1. The molecule has 0 bridgehead atoms. The molecular formula is C18H20N2O5S. The van der Waals surface area contributed by atoms with E-state index in [-0.39, 0.29) is 24.7 Å². The lowest BCUT2D eigenvalue weighted by Gasteiger charge is -2.26. The standard InChI is InChI=1S/C18H20N2O5S/c1-19-6-2-3-14(19)18(23)25-12-15(21)16-5-4-13(26-16)11-17(22)20-7-9-24-10-8-20/h2-6H,7-12H2,1H3. The number of carbonyl (C=O) groups is 3. The van der Waals surface area contributed by atoms with Gasteiger partial charge in [0.25, 0.3) is 0 Å². The Morgan fingerprint density at radius 3 is 2.65 bits per heavy atom. The number of carbonyl (C=O) groups excluding carboxylic acids is 3. The normalized spacial score (nSPS) is 14.3. The first-order valence-corrected chi connectivity index (χ1v) is 9.12. The van der Waals surface area contributed by atoms with Crippen molar-refractivity contribution in [1.82, 2.24) is 9.47 Å². The zero-order valence-electron chi connectivity index (χ0n) is 14.5. The average molecular weight is 376 g/mol. The summed E-state index contributed by atoms with van der Waals surface area (Å²) in [6, 6.07) is 6.81. The van der Waals surface area contributed by atoms with E-state index in [1.807, 2.05) is 0 Å². The summed E-state index contributed by atoms with van der Waals surface area (Å²) in [5.41, 5.74) is 0.390. The predicted molar refractivity (Wildman–Crippen MR) is 95.4 cm³/mol. The molecule has 1 aliphatic heterocycles. The van der Waals surface area contributed by atoms with E-state index in [9.17, 15) is 14.4 Å². The molecule has 1 aliphatic rings. The highest BCUT2D eigenvalue weighted by Crippen LogP contribution is 2.19. The largest absolute Gasteiger partial charge is 0.453 e. The van der Waals surface area contributed by atoms with Gasteiger partial charge in [0.15, 0.2) is 6.61 Å². The number of amides is 1. The van der Waals surface area contributed by atoms with Crippen LogP contribution < -0.4 is 0 Å². The molecule has 3 rings (SSSR count). The van der Waals surface area contributed by atoms with Gasteiger partial charge in [-0.05, 0) is 24.3 Å². The van der Waals surface area contributed by atoms with Crippen LogP contribution >= 0.6 is 11.3 Å². The molecule has 3 heterocycles. The Kier molecular flexibility index (Phi) is 5.85. The zero-order chi connectivity index (χ0) is 18.5. The zero-order valence-corrected chi connectivity index (χ0v) is 15.3. The van der Waals surface area contributed by atoms with E-state index < -0.39 is 5.97 Å². The van der Waals surface area contributed by atoms with Crippen LogP contribution in [-0.2, 0) is 27.7 Å². The van der Waals surface area contributed by atoms with Gasteiger partial charge in [-0.1, -0.05) is 0 Å². The van der Waals surface area contributed by atoms with Crippen LogP contribution in [-0.4, -0.2) is 60.0 Å². The SMILES string of the molecule is Cn1cccc1C(=O)OCC(=O)c1ccc(CC(=O)N2CCOCC2)s1. The molecule has 0 aliphatic carbocycles. The second-order valence-electron chi connectivity index (χ2n) is 5.94. The molecule has 0 saturated carbocycles. The molecule has 1 fully saturated rings. The molecule has 0 unspecified atom stereocenters. The highest BCUT2D eigenvalue weighted by atomic mass is 32.1. The lowest BCUT2D eigenvalue weighted by atomic mass is 10.2. The first kappa shape index (κ1) is 18.3. The summed E-state index contributed by atoms with van der Waals surface area (Å²) >= 11 is 1.26. The van der Waals surface area contributed by atoms with Crippen molar-refractivity contribution >= 4 is 29.0 Å². The van der Waals surface area contributed by atoms with Gasteiger partial charge in [-0.3, -0.25) is 9.59 Å². The summed E-state index contributed by atoms with van der Waals surface area (Å²) in [6.45, 7) is 2.01. The molecule has 0 radical (unpaired) electrons. The number of ether oxygens (including phenoxy) is 2. The molecule has 8 heteroatoms. The van der Waals surface area contributed by atoms with E-state index in [2.05, 4.69) is 0 Å². The number of aromatic nitrogens is 1. The number of Topliss-reactive ketones (excluding diaryl/α,β-unsaturated/α-hetero) is 1. The van der Waals surface area contributed by atoms with Crippen LogP contribution in [0.3, 0.4) is 0 Å². The number of morpholine rings is 1. The third-order valence-electron chi connectivity index (χ3n) is 4.11. The lowest BCUT2D eigenvalue weighted by molar-refractivity contribution is -0.134. The van der Waals surface area contributed by atoms with Gasteiger partial charge in [-0.25, -0.2) is 4.79 Å². The molecule has 138 valence electrons. The van der Waals surface area contributed by atoms with Gasteiger partial charge in [0.2, 0.25) is 11.7 Å². The van der Waals surface area contributed by atoms with E-state index >= 15 is 0 Å². The van der Waals surface area contributed by atoms with E-state index in [1.54, 1.807) is 47.0 Å². The van der Waals surface area contributed by atoms with Gasteiger partial charge >= 0.3 is 5.97 Å². The van der Waals surface area contributed by atoms with Gasteiger partial charge < -0.3 is 18.9 Å². The van der Waals surface area contributed by atoms with Gasteiger partial charge in [0.1, 0.15) is 5.69 Å². The minimum Gasteiger partial charge on any atom is -0.453 e. The molecule has 2 aromatic heterocycles. The monoisotopic (exact) mass is 376 g/mol. The fourth-order valence-corrected chi connectivity index (χ4v) is 3.57. The van der Waals surface area contributed by atoms with E-state index in [0.717, 1.165) is 4.88 Å². The molecule has 7 nitrogen and oxygen atoms in total. The third kappa shape index (κ3) is 4.39. The van der Waals surface area contributed by atoms with E-state index in [4.69, 9.17) is 9.47 Å². The number of esters is 1. The van der Waals surface area contributed by atoms with Gasteiger partial charge in [-0.2, -0.15) is 0 Å². The molecule has 0 aromatic carbocycles. The smallest absolute Gasteiger partial charge is 0.355 e. The van der Waals surface area contributed by atoms with Gasteiger partial charge in [0.05, 0.1) is 24.5 Å². The molecule has 1 saturated heterocycles. The highest BCUT2D eigenvalue weighted by Gasteiger charge is 2.19. The molecule has 2 aromatic rings. The van der Waals surface area contributed by atoms with Crippen molar-refractivity contribution in [3.05, 3.63) is 45.9 Å². The summed E-state index contributed by atoms with van der Waals surface area (Å²) < 4.78 is 11.9. The van der Waals surface area contributed by atoms with Crippen LogP contribution in [0.5, 0.6) is 0 Å². The summed E-state index contributed by atoms with van der Waals surface area (Å²) in [6.07, 6.45) is 2.00. The minimum atomic E-state index is -0.537. The number of ketones is 1. The van der Waals surface area contributed by atoms with E-state index in [0.29, 0.717) is 36.9 Å². The molecule has 1 amide bonds. The molecular weight excluding hydrogens is 356 g/mol. The molecule has 0 atom stereocenters. The van der Waals surface area contributed by atoms with Crippen molar-refractivity contribution in [2.45, 2.75) is 6.42 Å². The Morgan fingerprint density at radius 2 is 1.96 bits per heavy atom. The predicted octanol–water partition coefficient (Wildman–Crippen LogP) is 1.53. The van der Waals surface area contributed by atoms with Crippen LogP contribution in [0.25, 0.3) is 0 Å². The lowest BCUT2D eigenvalue weighted by Crippen LogP contribution is -2.41. The number of rotatable bonds is 6. The van der Waals surface area contributed by atoms with Crippen LogP contribution in [0.2, 0.25) is 0 Å². The maximum absolute atomic E-state index is 12.2. The maximum Gasteiger partial charge on any atom is 0.355 e. The Morgan fingerprint density at radius 1 is 1.19 bits per heavy atom. The quantitative estimate of drug-likeness (QED) is 0.564. The second kappa shape index (κ2) is 8.29. The number of aryl methyl sites for hydroxylation is 1. The van der Waals surface area contributed by atoms with Crippen LogP contribution in [0.4, 0.5) is 0 Å². The highest BCUT2D eigenvalue weighted by molar-refractivity contribution is 7.14. The van der Waals surface area contributed by atoms with Crippen LogP contribution in [0, 0.1) is 0 Å². The average Bonchev–Trinajstić information content (AvgIpc) is 3.29. The third-order valence-corrected chi connectivity index (χ3v) is 5.24. The summed E-state index contributed by atoms with van der Waals surface area (Å²) in [7, 11) is 1.73. The number of hydrogen-bond acceptors (Lipinski definition) is 6. The van der Waals surface area contributed by atoms with Crippen LogP contribution in [0.1, 0.15) is 25.0 Å². The Balaban J connectivity index is 1.52. The Bertz CT molecular complexity index is 804. The van der Waals surface area contributed by atoms with E-state index in [1.165, 1.54) is 11.3 Å². The van der Waals surface area contributed by atoms with Gasteiger partial charge in [0, 0.05) is 31.2 Å². The topological polar surface area (TPSA) is 77.8 Å². The fourth-order valence-electron chi connectivity index (χ4n) is 2.65. The summed E-state index contributed by atoms with van der Waals surface area (Å²) in [5, 5.41) is 0. The van der Waals surface area contributed by atoms with Crippen molar-refractivity contribution in [2.24, 2.45) is 7.05 Å². The molecule has 26 heavy (non-hydrogen) atoms. The second-order valence-corrected chi connectivity index (χ2v) is 7.11. The van der Waals surface area contributed by atoms with Crippen LogP contribution in [0.15, 0.2) is 30.5 Å². The fraction of sp³-hybridized carbons (Fsp3) is 0.389.